The number of urea groups is 1. The van der Waals surface area contributed by atoms with Gasteiger partial charge >= 0.3 is 16.4 Å². The predicted molar refractivity (Wildman–Crippen MR) is 85.5 cm³/mol. The highest BCUT2D eigenvalue weighted by Crippen LogP contribution is 2.36. The van der Waals surface area contributed by atoms with Gasteiger partial charge in [-0.2, -0.15) is 13.5 Å². The molecule has 4 unspecified atom stereocenters. The van der Waals surface area contributed by atoms with E-state index in [1.54, 1.807) is 0 Å². The second-order valence-electron chi connectivity index (χ2n) is 7.37. The first-order valence-corrected chi connectivity index (χ1v) is 10.1. The number of amides is 3. The average molecular weight is 390 g/mol. The molecule has 3 aliphatic heterocycles. The molecule has 4 fully saturated rings. The summed E-state index contributed by atoms with van der Waals surface area (Å²) in [5, 5.41) is 3.96. The van der Waals surface area contributed by atoms with Crippen molar-refractivity contribution >= 4 is 22.3 Å². The fourth-order valence-corrected chi connectivity index (χ4v) is 4.91. The summed E-state index contributed by atoms with van der Waals surface area (Å²) in [6.45, 7) is 2.12. The largest absolute Gasteiger partial charge is 0.418 e. The Hall–Kier alpha value is -1.47. The number of carbonyl (C=O) groups is 2. The lowest BCUT2D eigenvalue weighted by Gasteiger charge is -2.29. The maximum Gasteiger partial charge on any atom is 0.418 e. The molecule has 0 aromatic rings. The molecule has 1 aliphatic carbocycles. The van der Waals surface area contributed by atoms with Crippen molar-refractivity contribution in [2.75, 3.05) is 19.6 Å². The Labute approximate surface area is 150 Å². The maximum absolute atomic E-state index is 12.5. The van der Waals surface area contributed by atoms with Crippen molar-refractivity contribution in [2.24, 2.45) is 11.8 Å². The molecule has 0 radical (unpaired) electrons. The van der Waals surface area contributed by atoms with Crippen LogP contribution < -0.4 is 10.8 Å². The molecule has 4 rings (SSSR count). The zero-order valence-corrected chi connectivity index (χ0v) is 14.9. The number of carbonyl (C=O) groups excluding carboxylic acids is 2. The van der Waals surface area contributed by atoms with Crippen LogP contribution in [0.25, 0.3) is 0 Å². The van der Waals surface area contributed by atoms with Gasteiger partial charge in [0.15, 0.2) is 0 Å². The van der Waals surface area contributed by atoms with Gasteiger partial charge in [-0.1, -0.05) is 0 Å². The third-order valence-corrected chi connectivity index (χ3v) is 6.09. The Bertz CT molecular complexity index is 689. The number of fused-ring (bicyclic) bond motifs is 3. The van der Waals surface area contributed by atoms with E-state index in [1.807, 2.05) is 0 Å². The lowest BCUT2D eigenvalue weighted by atomic mass is 10.0. The van der Waals surface area contributed by atoms with Crippen LogP contribution in [0.2, 0.25) is 0 Å². The van der Waals surface area contributed by atoms with E-state index in [4.69, 9.17) is 9.39 Å². The van der Waals surface area contributed by atoms with Crippen molar-refractivity contribution in [1.82, 2.24) is 20.8 Å². The van der Waals surface area contributed by atoms with Crippen LogP contribution in [0.3, 0.4) is 0 Å². The third-order valence-electron chi connectivity index (χ3n) is 5.74. The van der Waals surface area contributed by atoms with Crippen LogP contribution in [0, 0.1) is 11.8 Å². The second kappa shape index (κ2) is 6.60. The van der Waals surface area contributed by atoms with Crippen LogP contribution in [-0.4, -0.2) is 72.7 Å². The fraction of sp³-hybridized carbons (Fsp3) is 0.857. The molecular weight excluding hydrogens is 368 g/mol. The van der Waals surface area contributed by atoms with Gasteiger partial charge in [0.2, 0.25) is 0 Å². The molecule has 1 saturated carbocycles. The SMILES string of the molecule is O=C(NOC1CC2CNCC2C1)C1CCC2CN1C(=O)N2OS(=O)(=O)O. The minimum atomic E-state index is -4.80. The highest BCUT2D eigenvalue weighted by molar-refractivity contribution is 7.80. The lowest BCUT2D eigenvalue weighted by molar-refractivity contribution is -0.143. The Morgan fingerprint density at radius 3 is 2.58 bits per heavy atom. The van der Waals surface area contributed by atoms with Crippen molar-refractivity contribution in [3.63, 3.8) is 0 Å². The van der Waals surface area contributed by atoms with Crippen LogP contribution in [0.15, 0.2) is 0 Å². The molecule has 0 aromatic heterocycles. The van der Waals surface area contributed by atoms with E-state index in [0.29, 0.717) is 29.7 Å². The van der Waals surface area contributed by atoms with Crippen molar-refractivity contribution in [3.05, 3.63) is 0 Å². The molecule has 4 atom stereocenters. The molecule has 11 nitrogen and oxygen atoms in total. The smallest absolute Gasteiger partial charge is 0.316 e. The highest BCUT2D eigenvalue weighted by Gasteiger charge is 2.49. The molecular formula is C14H22N4O7S. The summed E-state index contributed by atoms with van der Waals surface area (Å²) in [6.07, 6.45) is 2.50. The minimum absolute atomic E-state index is 0.0268. The van der Waals surface area contributed by atoms with Crippen LogP contribution in [-0.2, 0) is 24.3 Å². The summed E-state index contributed by atoms with van der Waals surface area (Å²) in [7, 11) is -4.80. The summed E-state index contributed by atoms with van der Waals surface area (Å²) in [5.41, 5.74) is 2.47. The van der Waals surface area contributed by atoms with Crippen LogP contribution in [0.5, 0.6) is 0 Å². The van der Waals surface area contributed by atoms with Gasteiger partial charge in [-0.25, -0.2) is 10.3 Å². The molecule has 3 heterocycles. The zero-order valence-electron chi connectivity index (χ0n) is 14.0. The Morgan fingerprint density at radius 2 is 1.92 bits per heavy atom. The summed E-state index contributed by atoms with van der Waals surface area (Å²) in [4.78, 5) is 31.6. The van der Waals surface area contributed by atoms with Crippen molar-refractivity contribution < 1.29 is 31.7 Å². The zero-order chi connectivity index (χ0) is 18.5. The molecule has 3 N–H and O–H groups in total. The number of nitrogens with zero attached hydrogens (tertiary/aromatic N) is 2. The number of piperidine rings is 1. The maximum atomic E-state index is 12.5. The molecule has 3 amide bonds. The van der Waals surface area contributed by atoms with Crippen LogP contribution in [0.1, 0.15) is 25.7 Å². The average Bonchev–Trinajstić information content (AvgIpc) is 3.22. The standard InChI is InChI=1S/C14H22N4O7S/c19-13(16-24-11-3-8-5-15-6-9(8)4-11)12-2-1-10-7-17(12)14(20)18(10)25-26(21,22)23/h8-12,15H,1-7H2,(H,16,19)(H,21,22,23). The van der Waals surface area contributed by atoms with E-state index in [9.17, 15) is 18.0 Å². The van der Waals surface area contributed by atoms with E-state index < -0.39 is 34.4 Å². The first kappa shape index (κ1) is 17.9. The molecule has 12 heteroatoms. The third kappa shape index (κ3) is 3.39. The number of rotatable bonds is 5. The van der Waals surface area contributed by atoms with Crippen molar-refractivity contribution in [3.8, 4) is 0 Å². The first-order valence-electron chi connectivity index (χ1n) is 8.75. The van der Waals surface area contributed by atoms with E-state index in [0.717, 1.165) is 25.9 Å². The first-order chi connectivity index (χ1) is 12.3. The Morgan fingerprint density at radius 1 is 1.23 bits per heavy atom. The Balaban J connectivity index is 1.32. The summed E-state index contributed by atoms with van der Waals surface area (Å²) >= 11 is 0. The summed E-state index contributed by atoms with van der Waals surface area (Å²) in [5.74, 6) is 0.734. The van der Waals surface area contributed by atoms with Crippen LogP contribution in [0.4, 0.5) is 4.79 Å². The van der Waals surface area contributed by atoms with Gasteiger partial charge < -0.3 is 10.2 Å². The van der Waals surface area contributed by atoms with Gasteiger partial charge in [-0.15, -0.1) is 4.28 Å². The highest BCUT2D eigenvalue weighted by atomic mass is 32.3. The molecule has 3 saturated heterocycles. The second-order valence-corrected chi connectivity index (χ2v) is 8.37. The van der Waals surface area contributed by atoms with E-state index in [-0.39, 0.29) is 12.6 Å². The van der Waals surface area contributed by atoms with Crippen molar-refractivity contribution in [1.29, 1.82) is 0 Å². The predicted octanol–water partition coefficient (Wildman–Crippen LogP) is -0.965. The monoisotopic (exact) mass is 390 g/mol. The van der Waals surface area contributed by atoms with Gasteiger partial charge in [0.05, 0.1) is 12.1 Å². The summed E-state index contributed by atoms with van der Waals surface area (Å²) in [6, 6.07) is -2.03. The lowest BCUT2D eigenvalue weighted by Crippen LogP contribution is -2.50. The molecule has 4 aliphatic rings. The van der Waals surface area contributed by atoms with Gasteiger partial charge in [0.25, 0.3) is 5.91 Å². The van der Waals surface area contributed by atoms with Crippen molar-refractivity contribution in [2.45, 2.75) is 43.9 Å². The van der Waals surface area contributed by atoms with E-state index in [2.05, 4.69) is 15.1 Å². The molecule has 26 heavy (non-hydrogen) atoms. The summed E-state index contributed by atoms with van der Waals surface area (Å²) < 4.78 is 34.9. The van der Waals surface area contributed by atoms with Gasteiger partial charge in [-0.05, 0) is 50.6 Å². The normalized spacial score (nSPS) is 36.5. The van der Waals surface area contributed by atoms with E-state index >= 15 is 0 Å². The number of hydrogen-bond donors (Lipinski definition) is 3. The van der Waals surface area contributed by atoms with E-state index in [1.165, 1.54) is 4.90 Å². The molecule has 2 bridgehead atoms. The number of hydrogen-bond acceptors (Lipinski definition) is 7. The minimum Gasteiger partial charge on any atom is -0.316 e. The number of hydroxylamine groups is 3. The van der Waals surface area contributed by atoms with Gasteiger partial charge in [-0.3, -0.25) is 14.2 Å². The number of nitrogens with one attached hydrogen (secondary N) is 2. The van der Waals surface area contributed by atoms with Crippen LogP contribution >= 0.6 is 0 Å². The molecule has 0 aromatic carbocycles. The molecule has 0 spiro atoms. The fourth-order valence-electron chi connectivity index (χ4n) is 4.52. The molecule has 146 valence electrons. The Kier molecular flexibility index (Phi) is 4.55. The van der Waals surface area contributed by atoms with Gasteiger partial charge in [0, 0.05) is 6.54 Å². The van der Waals surface area contributed by atoms with Gasteiger partial charge in [0.1, 0.15) is 6.04 Å². The topological polar surface area (TPSA) is 138 Å². The quantitative estimate of drug-likeness (QED) is 0.403.